The Morgan fingerprint density at radius 2 is 1.81 bits per heavy atom. The standard InChI is InChI=1S/C16H21N3O2/c1-11(2)9-14(16(21)19(3)4)18-15(20)13-7-5-12(10-17)6-8-13/h5-8,11,14H,9H2,1-4H3,(H,18,20). The third-order valence-electron chi connectivity index (χ3n) is 3.03. The maximum Gasteiger partial charge on any atom is 0.251 e. The number of nitrogens with zero attached hydrogens (tertiary/aromatic N) is 2. The minimum Gasteiger partial charge on any atom is -0.347 e. The second-order valence-electron chi connectivity index (χ2n) is 5.58. The fourth-order valence-electron chi connectivity index (χ4n) is 1.94. The van der Waals surface area contributed by atoms with Crippen molar-refractivity contribution in [1.82, 2.24) is 10.2 Å². The first kappa shape index (κ1) is 16.7. The molecule has 0 fully saturated rings. The summed E-state index contributed by atoms with van der Waals surface area (Å²) >= 11 is 0. The largest absolute Gasteiger partial charge is 0.347 e. The van der Waals surface area contributed by atoms with E-state index in [4.69, 9.17) is 5.26 Å². The van der Waals surface area contributed by atoms with E-state index < -0.39 is 6.04 Å². The Labute approximate surface area is 125 Å². The minimum atomic E-state index is -0.539. The van der Waals surface area contributed by atoms with Crippen LogP contribution < -0.4 is 5.32 Å². The number of hydrogen-bond acceptors (Lipinski definition) is 3. The van der Waals surface area contributed by atoms with Crippen LogP contribution in [0.3, 0.4) is 0 Å². The van der Waals surface area contributed by atoms with Crippen LogP contribution in [0.5, 0.6) is 0 Å². The Morgan fingerprint density at radius 3 is 2.24 bits per heavy atom. The van der Waals surface area contributed by atoms with Gasteiger partial charge < -0.3 is 10.2 Å². The Morgan fingerprint density at radius 1 is 1.24 bits per heavy atom. The van der Waals surface area contributed by atoms with Crippen molar-refractivity contribution in [3.8, 4) is 6.07 Å². The molecule has 0 aliphatic rings. The molecule has 0 saturated carbocycles. The van der Waals surface area contributed by atoms with Crippen molar-refractivity contribution in [3.05, 3.63) is 35.4 Å². The summed E-state index contributed by atoms with van der Waals surface area (Å²) in [6.07, 6.45) is 0.582. The number of hydrogen-bond donors (Lipinski definition) is 1. The van der Waals surface area contributed by atoms with Crippen LogP contribution in [-0.4, -0.2) is 36.9 Å². The SMILES string of the molecule is CC(C)CC(NC(=O)c1ccc(C#N)cc1)C(=O)N(C)C. The van der Waals surface area contributed by atoms with Crippen LogP contribution >= 0.6 is 0 Å². The average molecular weight is 287 g/mol. The summed E-state index contributed by atoms with van der Waals surface area (Å²) < 4.78 is 0. The molecule has 1 rings (SSSR count). The van der Waals surface area contributed by atoms with Crippen LogP contribution in [0.25, 0.3) is 0 Å². The van der Waals surface area contributed by atoms with Gasteiger partial charge in [0.15, 0.2) is 0 Å². The molecule has 1 aromatic rings. The zero-order valence-electron chi connectivity index (χ0n) is 12.9. The third kappa shape index (κ3) is 4.92. The molecular formula is C16H21N3O2. The molecule has 0 bridgehead atoms. The molecule has 21 heavy (non-hydrogen) atoms. The number of carbonyl (C=O) groups excluding carboxylic acids is 2. The van der Waals surface area contributed by atoms with Gasteiger partial charge in [-0.25, -0.2) is 0 Å². The van der Waals surface area contributed by atoms with Gasteiger partial charge in [-0.2, -0.15) is 5.26 Å². The lowest BCUT2D eigenvalue weighted by Crippen LogP contribution is -2.46. The Kier molecular flexibility index (Phi) is 5.92. The lowest BCUT2D eigenvalue weighted by Gasteiger charge is -2.23. The van der Waals surface area contributed by atoms with Gasteiger partial charge in [-0.15, -0.1) is 0 Å². The Hall–Kier alpha value is -2.35. The highest BCUT2D eigenvalue weighted by atomic mass is 16.2. The van der Waals surface area contributed by atoms with E-state index in [1.54, 1.807) is 38.4 Å². The third-order valence-corrected chi connectivity index (χ3v) is 3.03. The summed E-state index contributed by atoms with van der Waals surface area (Å²) in [7, 11) is 3.34. The highest BCUT2D eigenvalue weighted by Gasteiger charge is 2.23. The van der Waals surface area contributed by atoms with Gasteiger partial charge in [-0.05, 0) is 36.6 Å². The number of carbonyl (C=O) groups is 2. The molecule has 112 valence electrons. The van der Waals surface area contributed by atoms with Crippen molar-refractivity contribution in [1.29, 1.82) is 5.26 Å². The molecule has 0 aromatic heterocycles. The zero-order chi connectivity index (χ0) is 16.0. The molecule has 1 unspecified atom stereocenters. The summed E-state index contributed by atoms with van der Waals surface area (Å²) in [5.74, 6) is -0.133. The van der Waals surface area contributed by atoms with Gasteiger partial charge >= 0.3 is 0 Å². The molecule has 5 nitrogen and oxygen atoms in total. The number of likely N-dealkylation sites (N-methyl/N-ethyl adjacent to an activating group) is 1. The molecule has 1 aromatic carbocycles. The molecule has 1 N–H and O–H groups in total. The van der Waals surface area contributed by atoms with E-state index in [2.05, 4.69) is 5.32 Å². The van der Waals surface area contributed by atoms with E-state index in [0.717, 1.165) is 0 Å². The van der Waals surface area contributed by atoms with Crippen LogP contribution in [0, 0.1) is 17.2 Å². The molecule has 0 aliphatic carbocycles. The van der Waals surface area contributed by atoms with Crippen molar-refractivity contribution in [3.63, 3.8) is 0 Å². The lowest BCUT2D eigenvalue weighted by molar-refractivity contribution is -0.131. The smallest absolute Gasteiger partial charge is 0.251 e. The van der Waals surface area contributed by atoms with Crippen molar-refractivity contribution >= 4 is 11.8 Å². The van der Waals surface area contributed by atoms with E-state index in [1.165, 1.54) is 4.90 Å². The summed E-state index contributed by atoms with van der Waals surface area (Å²) in [5.41, 5.74) is 0.934. The van der Waals surface area contributed by atoms with E-state index in [-0.39, 0.29) is 11.8 Å². The van der Waals surface area contributed by atoms with Gasteiger partial charge in [-0.3, -0.25) is 9.59 Å². The summed E-state index contributed by atoms with van der Waals surface area (Å²) in [5, 5.41) is 11.5. The number of amides is 2. The molecule has 0 saturated heterocycles. The van der Waals surface area contributed by atoms with Crippen LogP contribution in [-0.2, 0) is 4.79 Å². The molecule has 0 spiro atoms. The monoisotopic (exact) mass is 287 g/mol. The molecular weight excluding hydrogens is 266 g/mol. The fraction of sp³-hybridized carbons (Fsp3) is 0.438. The molecule has 1 atom stereocenters. The molecule has 0 radical (unpaired) electrons. The van der Waals surface area contributed by atoms with Gasteiger partial charge in [0.25, 0.3) is 5.91 Å². The normalized spacial score (nSPS) is 11.6. The van der Waals surface area contributed by atoms with Crippen molar-refractivity contribution < 1.29 is 9.59 Å². The number of nitrogens with one attached hydrogen (secondary N) is 1. The van der Waals surface area contributed by atoms with Gasteiger partial charge in [0.1, 0.15) is 6.04 Å². The topological polar surface area (TPSA) is 73.2 Å². The van der Waals surface area contributed by atoms with Crippen LogP contribution in [0.4, 0.5) is 0 Å². The first-order valence-corrected chi connectivity index (χ1v) is 6.87. The molecule has 5 heteroatoms. The van der Waals surface area contributed by atoms with Crippen molar-refractivity contribution in [2.75, 3.05) is 14.1 Å². The number of benzene rings is 1. The summed E-state index contributed by atoms with van der Waals surface area (Å²) in [6, 6.07) is 7.80. The average Bonchev–Trinajstić information content (AvgIpc) is 2.45. The second-order valence-corrected chi connectivity index (χ2v) is 5.58. The predicted molar refractivity (Wildman–Crippen MR) is 80.6 cm³/mol. The maximum absolute atomic E-state index is 12.2. The zero-order valence-corrected chi connectivity index (χ0v) is 12.9. The van der Waals surface area contributed by atoms with Crippen LogP contribution in [0.1, 0.15) is 36.2 Å². The van der Waals surface area contributed by atoms with Gasteiger partial charge in [0, 0.05) is 19.7 Å². The van der Waals surface area contributed by atoms with Gasteiger partial charge in [-0.1, -0.05) is 13.8 Å². The first-order valence-electron chi connectivity index (χ1n) is 6.87. The summed E-state index contributed by atoms with van der Waals surface area (Å²) in [4.78, 5) is 25.8. The van der Waals surface area contributed by atoms with E-state index in [0.29, 0.717) is 23.5 Å². The van der Waals surface area contributed by atoms with E-state index >= 15 is 0 Å². The highest BCUT2D eigenvalue weighted by molar-refractivity contribution is 5.97. The maximum atomic E-state index is 12.2. The van der Waals surface area contributed by atoms with E-state index in [1.807, 2.05) is 19.9 Å². The number of nitriles is 1. The Bertz CT molecular complexity index is 542. The summed E-state index contributed by atoms with van der Waals surface area (Å²) in [6.45, 7) is 4.01. The molecule has 2 amide bonds. The second kappa shape index (κ2) is 7.44. The van der Waals surface area contributed by atoms with Crippen LogP contribution in [0.15, 0.2) is 24.3 Å². The highest BCUT2D eigenvalue weighted by Crippen LogP contribution is 2.09. The van der Waals surface area contributed by atoms with E-state index in [9.17, 15) is 9.59 Å². The quantitative estimate of drug-likeness (QED) is 0.897. The number of rotatable bonds is 5. The lowest BCUT2D eigenvalue weighted by atomic mass is 10.0. The van der Waals surface area contributed by atoms with Crippen molar-refractivity contribution in [2.45, 2.75) is 26.3 Å². The first-order chi connectivity index (χ1) is 9.85. The molecule has 0 aliphatic heterocycles. The Balaban J connectivity index is 2.84. The van der Waals surface area contributed by atoms with Crippen LogP contribution in [0.2, 0.25) is 0 Å². The molecule has 0 heterocycles. The predicted octanol–water partition coefficient (Wildman–Crippen LogP) is 1.79. The van der Waals surface area contributed by atoms with Gasteiger partial charge in [0.05, 0.1) is 11.6 Å². The van der Waals surface area contributed by atoms with Gasteiger partial charge in [0.2, 0.25) is 5.91 Å². The van der Waals surface area contributed by atoms with Crippen molar-refractivity contribution in [2.24, 2.45) is 5.92 Å². The minimum absolute atomic E-state index is 0.120. The fourth-order valence-corrected chi connectivity index (χ4v) is 1.94.